The minimum absolute atomic E-state index is 0. The minimum Gasteiger partial charge on any atom is -0.356 e. The van der Waals surface area contributed by atoms with Crippen LogP contribution in [0.15, 0.2) is 53.7 Å². The van der Waals surface area contributed by atoms with Crippen LogP contribution in [0.4, 0.5) is 4.39 Å². The topological polar surface area (TPSA) is 48.7 Å². The van der Waals surface area contributed by atoms with E-state index in [0.717, 1.165) is 56.5 Å². The van der Waals surface area contributed by atoms with Crippen LogP contribution in [-0.2, 0) is 6.42 Å². The summed E-state index contributed by atoms with van der Waals surface area (Å²) in [6.45, 7) is 4.99. The summed E-state index contributed by atoms with van der Waals surface area (Å²) in [6.07, 6.45) is 8.40. The van der Waals surface area contributed by atoms with Crippen molar-refractivity contribution in [3.63, 3.8) is 0 Å². The van der Waals surface area contributed by atoms with Crippen LogP contribution in [0.2, 0.25) is 0 Å². The Kier molecular flexibility index (Phi) is 7.65. The molecule has 0 amide bonds. The van der Waals surface area contributed by atoms with Crippen molar-refractivity contribution >= 4 is 29.9 Å². The molecule has 1 N–H and O–H groups in total. The van der Waals surface area contributed by atoms with E-state index in [4.69, 9.17) is 0 Å². The van der Waals surface area contributed by atoms with Gasteiger partial charge in [-0.05, 0) is 36.8 Å². The molecule has 8 heteroatoms. The molecule has 6 nitrogen and oxygen atoms in total. The molecule has 1 aromatic carbocycles. The summed E-state index contributed by atoms with van der Waals surface area (Å²) in [4.78, 5) is 9.33. The summed E-state index contributed by atoms with van der Waals surface area (Å²) in [5.41, 5.74) is 1.85. The zero-order valence-electron chi connectivity index (χ0n) is 16.7. The van der Waals surface area contributed by atoms with Crippen molar-refractivity contribution in [1.29, 1.82) is 0 Å². The number of rotatable bonds is 5. The van der Waals surface area contributed by atoms with Gasteiger partial charge in [-0.3, -0.25) is 9.89 Å². The number of nitrogens with zero attached hydrogens (tertiary/aromatic N) is 5. The number of aliphatic imine (C=N–C) groups is 1. The van der Waals surface area contributed by atoms with Crippen LogP contribution in [0, 0.1) is 5.82 Å². The Morgan fingerprint density at radius 1 is 1.21 bits per heavy atom. The maximum atomic E-state index is 13.1. The second kappa shape index (κ2) is 10.2. The molecule has 0 bridgehead atoms. The quantitative estimate of drug-likeness (QED) is 0.291. The third kappa shape index (κ3) is 5.36. The second-order valence-corrected chi connectivity index (χ2v) is 7.27. The summed E-state index contributed by atoms with van der Waals surface area (Å²) in [6, 6.07) is 8.96. The molecule has 0 saturated carbocycles. The molecule has 1 fully saturated rings. The smallest absolute Gasteiger partial charge is 0.193 e. The molecular formula is C21H28FIN6. The van der Waals surface area contributed by atoms with Crippen molar-refractivity contribution in [2.75, 3.05) is 39.8 Å². The summed E-state index contributed by atoms with van der Waals surface area (Å²) >= 11 is 0. The zero-order valence-corrected chi connectivity index (χ0v) is 19.0. The summed E-state index contributed by atoms with van der Waals surface area (Å²) in [7, 11) is 1.84. The van der Waals surface area contributed by atoms with Gasteiger partial charge in [0.2, 0.25) is 0 Å². The molecule has 1 saturated heterocycles. The Labute approximate surface area is 188 Å². The van der Waals surface area contributed by atoms with Crippen LogP contribution < -0.4 is 5.32 Å². The molecule has 2 aliphatic rings. The normalized spacial score (nSPS) is 19.6. The van der Waals surface area contributed by atoms with E-state index in [-0.39, 0.29) is 29.8 Å². The first-order valence-electron chi connectivity index (χ1n) is 9.88. The first-order valence-corrected chi connectivity index (χ1v) is 9.88. The Balaban J connectivity index is 0.00000240. The molecule has 1 unspecified atom stereocenters. The number of benzene rings is 1. The average molecular weight is 510 g/mol. The largest absolute Gasteiger partial charge is 0.356 e. The molecule has 2 aliphatic heterocycles. The molecule has 1 aromatic heterocycles. The molecule has 1 atom stereocenters. The Bertz CT molecular complexity index is 839. The van der Waals surface area contributed by atoms with Gasteiger partial charge >= 0.3 is 0 Å². The lowest BCUT2D eigenvalue weighted by Crippen LogP contribution is -2.43. The van der Waals surface area contributed by atoms with Gasteiger partial charge in [-0.1, -0.05) is 12.2 Å². The van der Waals surface area contributed by atoms with E-state index in [1.54, 1.807) is 16.8 Å². The van der Waals surface area contributed by atoms with E-state index in [2.05, 4.69) is 37.4 Å². The number of nitrogens with one attached hydrogen (secondary N) is 1. The van der Waals surface area contributed by atoms with Crippen molar-refractivity contribution in [3.8, 4) is 5.69 Å². The fraction of sp³-hybridized carbons (Fsp3) is 0.429. The lowest BCUT2D eigenvalue weighted by Gasteiger charge is -2.25. The summed E-state index contributed by atoms with van der Waals surface area (Å²) in [5, 5.41) is 8.05. The van der Waals surface area contributed by atoms with Gasteiger partial charge in [-0.2, -0.15) is 5.10 Å². The number of guanidine groups is 1. The van der Waals surface area contributed by atoms with E-state index in [0.29, 0.717) is 6.04 Å². The predicted molar refractivity (Wildman–Crippen MR) is 125 cm³/mol. The van der Waals surface area contributed by atoms with Gasteiger partial charge in [0.1, 0.15) is 5.82 Å². The highest BCUT2D eigenvalue weighted by atomic mass is 127. The molecule has 29 heavy (non-hydrogen) atoms. The molecule has 4 rings (SSSR count). The molecule has 3 heterocycles. The monoisotopic (exact) mass is 510 g/mol. The van der Waals surface area contributed by atoms with Gasteiger partial charge in [0.15, 0.2) is 5.96 Å². The Hall–Kier alpha value is -1.94. The number of hydrogen-bond donors (Lipinski definition) is 1. The van der Waals surface area contributed by atoms with E-state index in [1.165, 1.54) is 18.6 Å². The second-order valence-electron chi connectivity index (χ2n) is 7.27. The van der Waals surface area contributed by atoms with Gasteiger partial charge in [0, 0.05) is 58.4 Å². The lowest BCUT2D eigenvalue weighted by atomic mass is 10.2. The number of halogens is 2. The highest BCUT2D eigenvalue weighted by molar-refractivity contribution is 14.0. The first-order chi connectivity index (χ1) is 13.7. The van der Waals surface area contributed by atoms with Crippen LogP contribution in [-0.4, -0.2) is 71.4 Å². The molecule has 156 valence electrons. The van der Waals surface area contributed by atoms with Crippen molar-refractivity contribution in [3.05, 3.63) is 60.2 Å². The van der Waals surface area contributed by atoms with Crippen molar-refractivity contribution in [2.45, 2.75) is 18.9 Å². The SMILES string of the molecule is CN=C(NCCc1ccn(-c2ccc(F)cc2)n1)N1CCC(N2CC=CC2)C1.I. The van der Waals surface area contributed by atoms with Crippen LogP contribution in [0.1, 0.15) is 12.1 Å². The fourth-order valence-electron chi connectivity index (χ4n) is 3.89. The molecular weight excluding hydrogens is 482 g/mol. The Morgan fingerprint density at radius 3 is 2.69 bits per heavy atom. The predicted octanol–water partition coefficient (Wildman–Crippen LogP) is 2.69. The van der Waals surface area contributed by atoms with Gasteiger partial charge in [-0.15, -0.1) is 24.0 Å². The van der Waals surface area contributed by atoms with E-state index >= 15 is 0 Å². The third-order valence-corrected chi connectivity index (χ3v) is 5.44. The Morgan fingerprint density at radius 2 is 1.97 bits per heavy atom. The summed E-state index contributed by atoms with van der Waals surface area (Å²) in [5.74, 6) is 0.726. The molecule has 0 aliphatic carbocycles. The molecule has 0 spiro atoms. The molecule has 0 radical (unpaired) electrons. The van der Waals surface area contributed by atoms with E-state index in [1.807, 2.05) is 19.3 Å². The van der Waals surface area contributed by atoms with Crippen LogP contribution in [0.25, 0.3) is 5.69 Å². The van der Waals surface area contributed by atoms with Gasteiger partial charge < -0.3 is 10.2 Å². The maximum Gasteiger partial charge on any atom is 0.193 e. The maximum absolute atomic E-state index is 13.1. The van der Waals surface area contributed by atoms with Crippen molar-refractivity contribution in [2.24, 2.45) is 4.99 Å². The summed E-state index contributed by atoms with van der Waals surface area (Å²) < 4.78 is 14.8. The third-order valence-electron chi connectivity index (χ3n) is 5.44. The molecule has 2 aromatic rings. The highest BCUT2D eigenvalue weighted by Gasteiger charge is 2.29. The minimum atomic E-state index is -0.239. The van der Waals surface area contributed by atoms with Gasteiger partial charge in [0.05, 0.1) is 11.4 Å². The fourth-order valence-corrected chi connectivity index (χ4v) is 3.89. The highest BCUT2D eigenvalue weighted by Crippen LogP contribution is 2.18. The average Bonchev–Trinajstić information content (AvgIpc) is 3.47. The van der Waals surface area contributed by atoms with Crippen molar-refractivity contribution in [1.82, 2.24) is 24.9 Å². The number of aromatic nitrogens is 2. The zero-order chi connectivity index (χ0) is 19.3. The van der Waals surface area contributed by atoms with Crippen molar-refractivity contribution < 1.29 is 4.39 Å². The van der Waals surface area contributed by atoms with Gasteiger partial charge in [0.25, 0.3) is 0 Å². The lowest BCUT2D eigenvalue weighted by molar-refractivity contribution is 0.259. The van der Waals surface area contributed by atoms with Crippen LogP contribution >= 0.6 is 24.0 Å². The number of likely N-dealkylation sites (tertiary alicyclic amines) is 1. The van der Waals surface area contributed by atoms with Crippen LogP contribution in [0.5, 0.6) is 0 Å². The standard InChI is InChI=1S/C21H27FN6.HI/c1-23-21(27-14-10-20(16-27)26-12-2-3-13-26)24-11-8-18-9-15-28(25-18)19-6-4-17(22)5-7-19;/h2-7,9,15,20H,8,10-14,16H2,1H3,(H,23,24);1H. The van der Waals surface area contributed by atoms with E-state index < -0.39 is 0 Å². The van der Waals surface area contributed by atoms with E-state index in [9.17, 15) is 4.39 Å². The number of hydrogen-bond acceptors (Lipinski definition) is 3. The van der Waals surface area contributed by atoms with Gasteiger partial charge in [-0.25, -0.2) is 9.07 Å². The van der Waals surface area contributed by atoms with Crippen LogP contribution in [0.3, 0.4) is 0 Å². The first kappa shape index (κ1) is 21.8.